The molecule has 1 aromatic carbocycles. The van der Waals surface area contributed by atoms with Gasteiger partial charge in [-0.25, -0.2) is 9.59 Å². The normalized spacial score (nSPS) is 12.9. The van der Waals surface area contributed by atoms with Gasteiger partial charge in [-0.3, -0.25) is 0 Å². The number of carbonyl (C=O) groups is 2. The zero-order chi connectivity index (χ0) is 15.9. The molecular formula is C16H21NO4. The van der Waals surface area contributed by atoms with Gasteiger partial charge in [-0.1, -0.05) is 42.5 Å². The van der Waals surface area contributed by atoms with Crippen molar-refractivity contribution >= 4 is 18.1 Å². The number of hydrogen-bond acceptors (Lipinski definition) is 3. The smallest absolute Gasteiger partial charge is 0.408 e. The van der Waals surface area contributed by atoms with Crippen molar-refractivity contribution in [2.24, 2.45) is 0 Å². The number of nitrogens with one attached hydrogen (secondary N) is 1. The third-order valence-electron chi connectivity index (χ3n) is 2.47. The van der Waals surface area contributed by atoms with E-state index >= 15 is 0 Å². The number of carboxylic acid groups (broad SMARTS) is 1. The van der Waals surface area contributed by atoms with Crippen molar-refractivity contribution in [3.8, 4) is 0 Å². The maximum atomic E-state index is 11.6. The summed E-state index contributed by atoms with van der Waals surface area (Å²) in [4.78, 5) is 22.7. The Morgan fingerprint density at radius 2 is 1.90 bits per heavy atom. The van der Waals surface area contributed by atoms with Gasteiger partial charge < -0.3 is 15.2 Å². The summed E-state index contributed by atoms with van der Waals surface area (Å²) in [5.74, 6) is -1.10. The van der Waals surface area contributed by atoms with E-state index in [4.69, 9.17) is 9.84 Å². The molecule has 0 fully saturated rings. The number of carbonyl (C=O) groups excluding carboxylic acids is 1. The molecule has 0 radical (unpaired) electrons. The molecule has 1 rings (SSSR count). The Labute approximate surface area is 124 Å². The van der Waals surface area contributed by atoms with Gasteiger partial charge in [0.15, 0.2) is 0 Å². The van der Waals surface area contributed by atoms with Gasteiger partial charge in [0.1, 0.15) is 11.6 Å². The quantitative estimate of drug-likeness (QED) is 0.874. The number of ether oxygens (including phenoxy) is 1. The lowest BCUT2D eigenvalue weighted by Gasteiger charge is -2.21. The van der Waals surface area contributed by atoms with E-state index in [2.05, 4.69) is 5.32 Å². The van der Waals surface area contributed by atoms with E-state index < -0.39 is 23.7 Å². The van der Waals surface area contributed by atoms with Crippen LogP contribution in [0.1, 0.15) is 32.8 Å². The lowest BCUT2D eigenvalue weighted by Crippen LogP contribution is -2.43. The van der Waals surface area contributed by atoms with E-state index in [9.17, 15) is 9.59 Å². The first-order valence-electron chi connectivity index (χ1n) is 6.72. The van der Waals surface area contributed by atoms with Gasteiger partial charge in [0.05, 0.1) is 0 Å². The SMILES string of the molecule is CC(C)(C)OC(=O)N[C@@H](C/C=C\c1ccccc1)C(=O)O. The monoisotopic (exact) mass is 291 g/mol. The minimum atomic E-state index is -1.10. The minimum Gasteiger partial charge on any atom is -0.480 e. The average molecular weight is 291 g/mol. The predicted octanol–water partition coefficient (Wildman–Crippen LogP) is 3.07. The molecule has 1 aromatic rings. The Bertz CT molecular complexity index is 503. The molecule has 0 saturated carbocycles. The molecule has 0 unspecified atom stereocenters. The number of aliphatic carboxylic acids is 1. The van der Waals surface area contributed by atoms with E-state index in [1.165, 1.54) is 0 Å². The number of hydrogen-bond donors (Lipinski definition) is 2. The van der Waals surface area contributed by atoms with Crippen LogP contribution in [0.5, 0.6) is 0 Å². The summed E-state index contributed by atoms with van der Waals surface area (Å²) in [6, 6.07) is 8.50. The zero-order valence-corrected chi connectivity index (χ0v) is 12.5. The highest BCUT2D eigenvalue weighted by atomic mass is 16.6. The van der Waals surface area contributed by atoms with E-state index in [1.54, 1.807) is 26.8 Å². The Morgan fingerprint density at radius 3 is 2.43 bits per heavy atom. The molecule has 2 N–H and O–H groups in total. The van der Waals surface area contributed by atoms with Gasteiger partial charge in [-0.15, -0.1) is 0 Å². The number of rotatable bonds is 5. The first-order valence-corrected chi connectivity index (χ1v) is 6.72. The van der Waals surface area contributed by atoms with Crippen LogP contribution in [-0.2, 0) is 9.53 Å². The Morgan fingerprint density at radius 1 is 1.29 bits per heavy atom. The first-order chi connectivity index (χ1) is 9.78. The van der Waals surface area contributed by atoms with Crippen LogP contribution < -0.4 is 5.32 Å². The fourth-order valence-corrected chi connectivity index (χ4v) is 1.58. The van der Waals surface area contributed by atoms with Crippen molar-refractivity contribution in [2.45, 2.75) is 38.8 Å². The largest absolute Gasteiger partial charge is 0.480 e. The van der Waals surface area contributed by atoms with Crippen molar-refractivity contribution in [1.82, 2.24) is 5.32 Å². The molecule has 1 atom stereocenters. The topological polar surface area (TPSA) is 75.6 Å². The Hall–Kier alpha value is -2.30. The molecule has 0 aliphatic heterocycles. The van der Waals surface area contributed by atoms with Crippen molar-refractivity contribution in [3.05, 3.63) is 42.0 Å². The van der Waals surface area contributed by atoms with Crippen LogP contribution in [0.15, 0.2) is 36.4 Å². The van der Waals surface area contributed by atoms with Gasteiger partial charge in [0.2, 0.25) is 0 Å². The highest BCUT2D eigenvalue weighted by Gasteiger charge is 2.22. The van der Waals surface area contributed by atoms with E-state index in [0.717, 1.165) is 5.56 Å². The second-order valence-corrected chi connectivity index (χ2v) is 5.59. The maximum Gasteiger partial charge on any atom is 0.408 e. The fraction of sp³-hybridized carbons (Fsp3) is 0.375. The highest BCUT2D eigenvalue weighted by Crippen LogP contribution is 2.08. The maximum absolute atomic E-state index is 11.6. The van der Waals surface area contributed by atoms with E-state index in [0.29, 0.717) is 0 Å². The van der Waals surface area contributed by atoms with Gasteiger partial charge in [0.25, 0.3) is 0 Å². The summed E-state index contributed by atoms with van der Waals surface area (Å²) < 4.78 is 5.05. The van der Waals surface area contributed by atoms with Crippen LogP contribution in [0.4, 0.5) is 4.79 Å². The van der Waals surface area contributed by atoms with Crippen LogP contribution in [0, 0.1) is 0 Å². The summed E-state index contributed by atoms with van der Waals surface area (Å²) in [5, 5.41) is 11.5. The number of amides is 1. The second-order valence-electron chi connectivity index (χ2n) is 5.59. The predicted molar refractivity (Wildman–Crippen MR) is 80.9 cm³/mol. The summed E-state index contributed by atoms with van der Waals surface area (Å²) in [6.07, 6.45) is 2.98. The van der Waals surface area contributed by atoms with Gasteiger partial charge in [-0.05, 0) is 32.8 Å². The third kappa shape index (κ3) is 7.15. The van der Waals surface area contributed by atoms with Crippen LogP contribution in [-0.4, -0.2) is 28.8 Å². The standard InChI is InChI=1S/C16H21NO4/c1-16(2,3)21-15(20)17-13(14(18)19)11-7-10-12-8-5-4-6-9-12/h4-10,13H,11H2,1-3H3,(H,17,20)(H,18,19)/b10-7-/t13-/m0/s1. The summed E-state index contributed by atoms with van der Waals surface area (Å²) in [6.45, 7) is 5.16. The Kier molecular flexibility index (Phi) is 5.96. The highest BCUT2D eigenvalue weighted by molar-refractivity contribution is 5.80. The van der Waals surface area contributed by atoms with Crippen LogP contribution in [0.2, 0.25) is 0 Å². The molecule has 0 aliphatic carbocycles. The van der Waals surface area contributed by atoms with Crippen molar-refractivity contribution in [2.75, 3.05) is 0 Å². The van der Waals surface area contributed by atoms with E-state index in [1.807, 2.05) is 36.4 Å². The minimum absolute atomic E-state index is 0.184. The number of alkyl carbamates (subject to hydrolysis) is 1. The molecular weight excluding hydrogens is 270 g/mol. The van der Waals surface area contributed by atoms with Crippen LogP contribution in [0.3, 0.4) is 0 Å². The van der Waals surface area contributed by atoms with Crippen molar-refractivity contribution in [3.63, 3.8) is 0 Å². The molecule has 5 heteroatoms. The fourth-order valence-electron chi connectivity index (χ4n) is 1.58. The molecule has 0 aliphatic rings. The molecule has 0 saturated heterocycles. The molecule has 0 heterocycles. The van der Waals surface area contributed by atoms with Crippen molar-refractivity contribution < 1.29 is 19.4 Å². The number of carboxylic acids is 1. The molecule has 21 heavy (non-hydrogen) atoms. The number of benzene rings is 1. The molecule has 114 valence electrons. The third-order valence-corrected chi connectivity index (χ3v) is 2.47. The summed E-state index contributed by atoms with van der Waals surface area (Å²) in [7, 11) is 0. The molecule has 0 bridgehead atoms. The molecule has 0 aromatic heterocycles. The van der Waals surface area contributed by atoms with Crippen LogP contribution in [0.25, 0.3) is 6.08 Å². The second kappa shape index (κ2) is 7.47. The van der Waals surface area contributed by atoms with E-state index in [-0.39, 0.29) is 6.42 Å². The zero-order valence-electron chi connectivity index (χ0n) is 12.5. The molecule has 5 nitrogen and oxygen atoms in total. The van der Waals surface area contributed by atoms with Gasteiger partial charge in [-0.2, -0.15) is 0 Å². The van der Waals surface area contributed by atoms with Crippen LogP contribution >= 0.6 is 0 Å². The summed E-state index contributed by atoms with van der Waals surface area (Å²) in [5.41, 5.74) is 0.312. The summed E-state index contributed by atoms with van der Waals surface area (Å²) >= 11 is 0. The van der Waals surface area contributed by atoms with Crippen molar-refractivity contribution in [1.29, 1.82) is 0 Å². The Balaban J connectivity index is 2.56. The lowest BCUT2D eigenvalue weighted by atomic mass is 10.1. The molecule has 0 spiro atoms. The average Bonchev–Trinajstić information content (AvgIpc) is 2.36. The van der Waals surface area contributed by atoms with Gasteiger partial charge >= 0.3 is 12.1 Å². The molecule has 1 amide bonds. The lowest BCUT2D eigenvalue weighted by molar-refractivity contribution is -0.139. The van der Waals surface area contributed by atoms with Gasteiger partial charge in [0, 0.05) is 0 Å². The first kappa shape index (κ1) is 16.8.